The summed E-state index contributed by atoms with van der Waals surface area (Å²) in [5.41, 5.74) is 3.63. The Labute approximate surface area is 214 Å². The average molecular weight is 514 g/mol. The number of fused-ring (bicyclic) bond motifs is 1. The number of halogens is 1. The van der Waals surface area contributed by atoms with Gasteiger partial charge < -0.3 is 9.64 Å². The predicted molar refractivity (Wildman–Crippen MR) is 140 cm³/mol. The van der Waals surface area contributed by atoms with E-state index in [0.717, 1.165) is 43.7 Å². The molecule has 2 aliphatic heterocycles. The second kappa shape index (κ2) is 10.9. The van der Waals surface area contributed by atoms with Crippen LogP contribution in [0.15, 0.2) is 54.7 Å². The fourth-order valence-corrected chi connectivity index (χ4v) is 7.22. The van der Waals surface area contributed by atoms with Gasteiger partial charge in [0.25, 0.3) is 0 Å². The van der Waals surface area contributed by atoms with E-state index in [2.05, 4.69) is 21.8 Å². The molecule has 0 saturated carbocycles. The van der Waals surface area contributed by atoms with Gasteiger partial charge in [-0.15, -0.1) is 0 Å². The number of benzene rings is 2. The van der Waals surface area contributed by atoms with E-state index in [-0.39, 0.29) is 24.9 Å². The van der Waals surface area contributed by atoms with Crippen LogP contribution in [0.2, 0.25) is 0 Å². The second-order valence-electron chi connectivity index (χ2n) is 10.3. The van der Waals surface area contributed by atoms with Crippen molar-refractivity contribution < 1.29 is 17.5 Å². The maximum absolute atomic E-state index is 14.0. The van der Waals surface area contributed by atoms with Crippen molar-refractivity contribution in [2.75, 3.05) is 39.8 Å². The smallest absolute Gasteiger partial charge is 0.220 e. The van der Waals surface area contributed by atoms with Gasteiger partial charge in [-0.05, 0) is 98.4 Å². The van der Waals surface area contributed by atoms with E-state index in [1.54, 1.807) is 24.4 Å². The Bertz CT molecular complexity index is 1200. The summed E-state index contributed by atoms with van der Waals surface area (Å²) in [5, 5.41) is -0.530. The lowest BCUT2D eigenvalue weighted by atomic mass is 9.75. The minimum atomic E-state index is -3.42. The molecule has 5 rings (SSSR count). The number of hydrogen-bond acceptors (Lipinski definition) is 5. The SMILES string of the molecule is CN1C=CC(S(=O)(=O)NCCOc2ccc3c(c2)C(Cc2cccc(F)c2)C(N2CCCC2)CC3)C1. The van der Waals surface area contributed by atoms with Crippen molar-refractivity contribution in [1.29, 1.82) is 0 Å². The number of hydrogen-bond donors (Lipinski definition) is 1. The van der Waals surface area contributed by atoms with Crippen molar-refractivity contribution in [3.8, 4) is 5.75 Å². The van der Waals surface area contributed by atoms with Crippen LogP contribution in [0.3, 0.4) is 0 Å². The van der Waals surface area contributed by atoms with Gasteiger partial charge in [-0.3, -0.25) is 4.90 Å². The molecule has 3 unspecified atom stereocenters. The summed E-state index contributed by atoms with van der Waals surface area (Å²) in [4.78, 5) is 4.48. The van der Waals surface area contributed by atoms with Crippen LogP contribution in [0.25, 0.3) is 0 Å². The number of likely N-dealkylation sites (tertiary alicyclic amines) is 1. The molecule has 3 atom stereocenters. The highest BCUT2D eigenvalue weighted by atomic mass is 32.2. The van der Waals surface area contributed by atoms with E-state index in [9.17, 15) is 12.8 Å². The molecule has 194 valence electrons. The van der Waals surface area contributed by atoms with Crippen molar-refractivity contribution in [3.63, 3.8) is 0 Å². The molecule has 2 heterocycles. The maximum Gasteiger partial charge on any atom is 0.220 e. The van der Waals surface area contributed by atoms with Crippen LogP contribution in [-0.4, -0.2) is 69.3 Å². The van der Waals surface area contributed by atoms with Crippen LogP contribution in [0.1, 0.15) is 41.9 Å². The standard InChI is InChI=1S/C28H36FN3O3S/c1-31-15-11-25(20-31)36(33,34)30-12-16-35-24-9-7-22-8-10-28(32-13-2-3-14-32)27(26(22)19-24)18-21-5-4-6-23(29)17-21/h4-7,9,11,15,17,19,25,27-28,30H,2-3,8,10,12-14,16,18,20H2,1H3. The van der Waals surface area contributed by atoms with Gasteiger partial charge >= 0.3 is 0 Å². The van der Waals surface area contributed by atoms with Crippen molar-refractivity contribution in [2.24, 2.45) is 0 Å². The van der Waals surface area contributed by atoms with Crippen LogP contribution >= 0.6 is 0 Å². The molecule has 0 spiro atoms. The zero-order chi connectivity index (χ0) is 25.1. The van der Waals surface area contributed by atoms with Gasteiger partial charge in [-0.1, -0.05) is 18.2 Å². The normalized spacial score (nSPS) is 24.3. The van der Waals surface area contributed by atoms with Gasteiger partial charge in [0, 0.05) is 32.1 Å². The van der Waals surface area contributed by atoms with Gasteiger partial charge in [0.15, 0.2) is 0 Å². The first-order chi connectivity index (χ1) is 17.4. The third-order valence-electron chi connectivity index (χ3n) is 7.74. The number of aryl methyl sites for hydroxylation is 1. The molecule has 0 bridgehead atoms. The first-order valence-corrected chi connectivity index (χ1v) is 14.5. The summed E-state index contributed by atoms with van der Waals surface area (Å²) in [5.74, 6) is 0.821. The molecule has 6 nitrogen and oxygen atoms in total. The summed E-state index contributed by atoms with van der Waals surface area (Å²) in [6, 6.07) is 13.6. The van der Waals surface area contributed by atoms with E-state index in [0.29, 0.717) is 12.6 Å². The van der Waals surface area contributed by atoms with Crippen LogP contribution in [0, 0.1) is 5.82 Å². The van der Waals surface area contributed by atoms with Crippen molar-refractivity contribution >= 4 is 10.0 Å². The number of rotatable bonds is 9. The highest BCUT2D eigenvalue weighted by Crippen LogP contribution is 2.40. The first-order valence-electron chi connectivity index (χ1n) is 13.0. The van der Waals surface area contributed by atoms with Gasteiger partial charge in [0.1, 0.15) is 23.4 Å². The Morgan fingerprint density at radius 3 is 2.72 bits per heavy atom. The average Bonchev–Trinajstić information content (AvgIpc) is 3.55. The van der Waals surface area contributed by atoms with Gasteiger partial charge in [-0.25, -0.2) is 17.5 Å². The van der Waals surface area contributed by atoms with E-state index < -0.39 is 15.3 Å². The second-order valence-corrected chi connectivity index (χ2v) is 12.2. The Morgan fingerprint density at radius 2 is 1.97 bits per heavy atom. The number of nitrogens with zero attached hydrogens (tertiary/aromatic N) is 2. The van der Waals surface area contributed by atoms with E-state index in [1.807, 2.05) is 24.1 Å². The lowest BCUT2D eigenvalue weighted by molar-refractivity contribution is 0.188. The molecule has 1 aliphatic carbocycles. The topological polar surface area (TPSA) is 61.9 Å². The monoisotopic (exact) mass is 513 g/mol. The number of nitrogens with one attached hydrogen (secondary N) is 1. The molecule has 1 saturated heterocycles. The lowest BCUT2D eigenvalue weighted by Gasteiger charge is -2.39. The van der Waals surface area contributed by atoms with Gasteiger partial charge in [-0.2, -0.15) is 0 Å². The van der Waals surface area contributed by atoms with Crippen molar-refractivity contribution in [3.05, 3.63) is 77.2 Å². The zero-order valence-corrected chi connectivity index (χ0v) is 21.7. The Morgan fingerprint density at radius 1 is 1.14 bits per heavy atom. The molecular formula is C28H36FN3O3S. The van der Waals surface area contributed by atoms with Crippen molar-refractivity contribution in [2.45, 2.75) is 49.3 Å². The summed E-state index contributed by atoms with van der Waals surface area (Å²) in [6.07, 6.45) is 8.91. The molecule has 0 radical (unpaired) electrons. The van der Waals surface area contributed by atoms with Crippen LogP contribution < -0.4 is 9.46 Å². The molecule has 1 N–H and O–H groups in total. The third-order valence-corrected chi connectivity index (χ3v) is 9.45. The molecule has 0 amide bonds. The fourth-order valence-electron chi connectivity index (χ4n) is 5.93. The summed E-state index contributed by atoms with van der Waals surface area (Å²) >= 11 is 0. The number of ether oxygens (including phenoxy) is 1. The summed E-state index contributed by atoms with van der Waals surface area (Å²) < 4.78 is 47.7. The Hall–Kier alpha value is -2.42. The van der Waals surface area contributed by atoms with Crippen molar-refractivity contribution in [1.82, 2.24) is 14.5 Å². The van der Waals surface area contributed by atoms with E-state index in [4.69, 9.17) is 4.74 Å². The Balaban J connectivity index is 1.28. The molecule has 8 heteroatoms. The molecule has 1 fully saturated rings. The minimum absolute atomic E-state index is 0.194. The highest BCUT2D eigenvalue weighted by Gasteiger charge is 2.35. The largest absolute Gasteiger partial charge is 0.492 e. The Kier molecular flexibility index (Phi) is 7.65. The highest BCUT2D eigenvalue weighted by molar-refractivity contribution is 7.90. The summed E-state index contributed by atoms with van der Waals surface area (Å²) in [6.45, 7) is 3.20. The van der Waals surface area contributed by atoms with E-state index in [1.165, 1.54) is 30.0 Å². The van der Waals surface area contributed by atoms with Crippen LogP contribution in [-0.2, 0) is 22.9 Å². The lowest BCUT2D eigenvalue weighted by Crippen LogP contribution is -2.41. The van der Waals surface area contributed by atoms with Gasteiger partial charge in [0.2, 0.25) is 10.0 Å². The maximum atomic E-state index is 14.0. The fraction of sp³-hybridized carbons (Fsp3) is 0.500. The van der Waals surface area contributed by atoms with Crippen LogP contribution in [0.5, 0.6) is 5.75 Å². The molecule has 0 aromatic heterocycles. The molecule has 3 aliphatic rings. The zero-order valence-electron chi connectivity index (χ0n) is 20.9. The molecule has 2 aromatic carbocycles. The quantitative estimate of drug-likeness (QED) is 0.519. The molecule has 36 heavy (non-hydrogen) atoms. The third kappa shape index (κ3) is 5.76. The number of sulfonamides is 1. The molecule has 2 aromatic rings. The summed E-state index contributed by atoms with van der Waals surface area (Å²) in [7, 11) is -1.56. The predicted octanol–water partition coefficient (Wildman–Crippen LogP) is 3.69. The minimum Gasteiger partial charge on any atom is -0.492 e. The van der Waals surface area contributed by atoms with E-state index >= 15 is 0 Å². The van der Waals surface area contributed by atoms with Crippen LogP contribution in [0.4, 0.5) is 4.39 Å². The van der Waals surface area contributed by atoms with Gasteiger partial charge in [0.05, 0.1) is 0 Å². The molecular weight excluding hydrogens is 477 g/mol. The first kappa shape index (κ1) is 25.2.